The number of piperidine rings is 1. The number of benzene rings is 1. The first-order chi connectivity index (χ1) is 10.5. The fourth-order valence-electron chi connectivity index (χ4n) is 2.96. The Morgan fingerprint density at radius 3 is 2.32 bits per heavy atom. The third kappa shape index (κ3) is 2.98. The fourth-order valence-corrected chi connectivity index (χ4v) is 3.09. The van der Waals surface area contributed by atoms with Gasteiger partial charge in [-0.05, 0) is 55.9 Å². The molecule has 5 heteroatoms. The molecular formula is C17H21ClN2O2. The number of hydrogen-bond acceptors (Lipinski definition) is 2. The van der Waals surface area contributed by atoms with E-state index in [2.05, 4.69) is 12.2 Å². The number of carbonyl (C=O) groups excluding carboxylic acids is 2. The van der Waals surface area contributed by atoms with Crippen LogP contribution in [0.4, 0.5) is 5.69 Å². The highest BCUT2D eigenvalue weighted by atomic mass is 35.5. The molecule has 1 aliphatic carbocycles. The van der Waals surface area contributed by atoms with Crippen LogP contribution in [0.3, 0.4) is 0 Å². The van der Waals surface area contributed by atoms with Crippen LogP contribution in [0.2, 0.25) is 5.02 Å². The van der Waals surface area contributed by atoms with Crippen molar-refractivity contribution in [2.75, 3.05) is 18.4 Å². The molecular weight excluding hydrogens is 300 g/mol. The Labute approximate surface area is 135 Å². The number of anilines is 1. The molecule has 1 aromatic rings. The Morgan fingerprint density at radius 2 is 1.77 bits per heavy atom. The van der Waals surface area contributed by atoms with Gasteiger partial charge in [-0.3, -0.25) is 9.59 Å². The number of amides is 2. The van der Waals surface area contributed by atoms with E-state index < -0.39 is 5.41 Å². The van der Waals surface area contributed by atoms with Crippen LogP contribution in [0, 0.1) is 11.3 Å². The van der Waals surface area contributed by atoms with Gasteiger partial charge in [0, 0.05) is 23.8 Å². The van der Waals surface area contributed by atoms with Crippen LogP contribution in [0.25, 0.3) is 0 Å². The highest BCUT2D eigenvalue weighted by molar-refractivity contribution is 6.30. The van der Waals surface area contributed by atoms with E-state index in [0.717, 1.165) is 25.9 Å². The van der Waals surface area contributed by atoms with Crippen LogP contribution in [-0.4, -0.2) is 29.8 Å². The Hall–Kier alpha value is -1.55. The molecule has 4 nitrogen and oxygen atoms in total. The van der Waals surface area contributed by atoms with Crippen molar-refractivity contribution >= 4 is 29.1 Å². The van der Waals surface area contributed by atoms with Gasteiger partial charge in [0.15, 0.2) is 0 Å². The Morgan fingerprint density at radius 1 is 1.18 bits per heavy atom. The maximum atomic E-state index is 12.7. The van der Waals surface area contributed by atoms with Gasteiger partial charge in [0.1, 0.15) is 5.41 Å². The summed E-state index contributed by atoms with van der Waals surface area (Å²) in [4.78, 5) is 27.1. The average molecular weight is 321 g/mol. The van der Waals surface area contributed by atoms with Crippen molar-refractivity contribution in [1.29, 1.82) is 0 Å². The number of halogens is 1. The molecule has 0 bridgehead atoms. The normalized spacial score (nSPS) is 20.5. The summed E-state index contributed by atoms with van der Waals surface area (Å²) in [6.07, 6.45) is 3.36. The van der Waals surface area contributed by atoms with Gasteiger partial charge in [0.2, 0.25) is 11.8 Å². The summed E-state index contributed by atoms with van der Waals surface area (Å²) < 4.78 is 0. The van der Waals surface area contributed by atoms with Gasteiger partial charge >= 0.3 is 0 Å². The SMILES string of the molecule is CC1CCN(C(=O)C2(C(=O)Nc3ccc(Cl)cc3)CC2)CC1. The number of hydrogen-bond donors (Lipinski definition) is 1. The van der Waals surface area contributed by atoms with Crippen molar-refractivity contribution in [1.82, 2.24) is 4.90 Å². The molecule has 0 spiro atoms. The first-order valence-electron chi connectivity index (χ1n) is 7.88. The molecule has 1 heterocycles. The van der Waals surface area contributed by atoms with E-state index in [4.69, 9.17) is 11.6 Å². The standard InChI is InChI=1S/C17H21ClN2O2/c1-12-6-10-20(11-7-12)16(22)17(8-9-17)15(21)19-14-4-2-13(18)3-5-14/h2-5,12H,6-11H2,1H3,(H,19,21). The van der Waals surface area contributed by atoms with Gasteiger partial charge in [-0.1, -0.05) is 18.5 Å². The summed E-state index contributed by atoms with van der Waals surface area (Å²) in [5.41, 5.74) is -0.152. The molecule has 118 valence electrons. The number of rotatable bonds is 3. The molecule has 0 unspecified atom stereocenters. The molecule has 2 aliphatic rings. The first kappa shape index (κ1) is 15.3. The van der Waals surface area contributed by atoms with Crippen LogP contribution in [0.5, 0.6) is 0 Å². The van der Waals surface area contributed by atoms with Crippen molar-refractivity contribution in [3.05, 3.63) is 29.3 Å². The quantitative estimate of drug-likeness (QED) is 0.869. The Bertz CT molecular complexity index is 573. The van der Waals surface area contributed by atoms with Crippen LogP contribution in [0.1, 0.15) is 32.6 Å². The highest BCUT2D eigenvalue weighted by Crippen LogP contribution is 2.48. The predicted octanol–water partition coefficient (Wildman–Crippen LogP) is 3.32. The van der Waals surface area contributed by atoms with Crippen molar-refractivity contribution in [2.45, 2.75) is 32.6 Å². The lowest BCUT2D eigenvalue weighted by Crippen LogP contribution is -2.46. The summed E-state index contributed by atoms with van der Waals surface area (Å²) in [5.74, 6) is 0.492. The van der Waals surface area contributed by atoms with E-state index in [0.29, 0.717) is 29.5 Å². The summed E-state index contributed by atoms with van der Waals surface area (Å²) in [7, 11) is 0. The zero-order valence-electron chi connectivity index (χ0n) is 12.8. The molecule has 1 N–H and O–H groups in total. The fraction of sp³-hybridized carbons (Fsp3) is 0.529. The molecule has 1 saturated carbocycles. The second-order valence-corrected chi connectivity index (χ2v) is 6.95. The van der Waals surface area contributed by atoms with Gasteiger partial charge in [0.05, 0.1) is 0 Å². The minimum Gasteiger partial charge on any atom is -0.342 e. The van der Waals surface area contributed by atoms with Crippen molar-refractivity contribution in [2.24, 2.45) is 11.3 Å². The average Bonchev–Trinajstić information content (AvgIpc) is 3.31. The number of carbonyl (C=O) groups is 2. The third-order valence-corrected chi connectivity index (χ3v) is 5.02. The maximum Gasteiger partial charge on any atom is 0.240 e. The van der Waals surface area contributed by atoms with E-state index in [1.165, 1.54) is 0 Å². The molecule has 1 aliphatic heterocycles. The first-order valence-corrected chi connectivity index (χ1v) is 8.25. The molecule has 3 rings (SSSR count). The second kappa shape index (κ2) is 5.92. The zero-order chi connectivity index (χ0) is 15.7. The largest absolute Gasteiger partial charge is 0.342 e. The van der Waals surface area contributed by atoms with Gasteiger partial charge in [-0.15, -0.1) is 0 Å². The van der Waals surface area contributed by atoms with Crippen molar-refractivity contribution in [3.63, 3.8) is 0 Å². The van der Waals surface area contributed by atoms with Gasteiger partial charge in [-0.25, -0.2) is 0 Å². The summed E-state index contributed by atoms with van der Waals surface area (Å²) >= 11 is 5.84. The van der Waals surface area contributed by atoms with E-state index in [1.807, 2.05) is 4.90 Å². The maximum absolute atomic E-state index is 12.7. The third-order valence-electron chi connectivity index (χ3n) is 4.77. The van der Waals surface area contributed by atoms with Gasteiger partial charge in [0.25, 0.3) is 0 Å². The molecule has 1 saturated heterocycles. The van der Waals surface area contributed by atoms with Gasteiger partial charge in [-0.2, -0.15) is 0 Å². The molecule has 2 amide bonds. The summed E-state index contributed by atoms with van der Waals surface area (Å²) in [6, 6.07) is 6.96. The van der Waals surface area contributed by atoms with E-state index in [-0.39, 0.29) is 11.8 Å². The van der Waals surface area contributed by atoms with E-state index in [9.17, 15) is 9.59 Å². The summed E-state index contributed by atoms with van der Waals surface area (Å²) in [6.45, 7) is 3.76. The molecule has 0 aromatic heterocycles. The van der Waals surface area contributed by atoms with E-state index >= 15 is 0 Å². The second-order valence-electron chi connectivity index (χ2n) is 6.52. The predicted molar refractivity (Wildman–Crippen MR) is 86.7 cm³/mol. The van der Waals surface area contributed by atoms with Crippen LogP contribution in [-0.2, 0) is 9.59 Å². The molecule has 1 aromatic carbocycles. The lowest BCUT2D eigenvalue weighted by atomic mass is 9.96. The Balaban J connectivity index is 1.66. The van der Waals surface area contributed by atoms with Crippen molar-refractivity contribution in [3.8, 4) is 0 Å². The highest BCUT2D eigenvalue weighted by Gasteiger charge is 2.58. The number of nitrogens with zero attached hydrogens (tertiary/aromatic N) is 1. The molecule has 0 radical (unpaired) electrons. The van der Waals surface area contributed by atoms with Crippen molar-refractivity contribution < 1.29 is 9.59 Å². The molecule has 2 fully saturated rings. The molecule has 0 atom stereocenters. The monoisotopic (exact) mass is 320 g/mol. The summed E-state index contributed by atoms with van der Waals surface area (Å²) in [5, 5.41) is 3.48. The lowest BCUT2D eigenvalue weighted by molar-refractivity contribution is -0.143. The van der Waals surface area contributed by atoms with E-state index in [1.54, 1.807) is 24.3 Å². The van der Waals surface area contributed by atoms with Crippen LogP contribution in [0.15, 0.2) is 24.3 Å². The Kier molecular flexibility index (Phi) is 4.13. The zero-order valence-corrected chi connectivity index (χ0v) is 13.5. The lowest BCUT2D eigenvalue weighted by Gasteiger charge is -2.32. The topological polar surface area (TPSA) is 49.4 Å². The van der Waals surface area contributed by atoms with Gasteiger partial charge < -0.3 is 10.2 Å². The van der Waals surface area contributed by atoms with Crippen LogP contribution >= 0.6 is 11.6 Å². The number of likely N-dealkylation sites (tertiary alicyclic amines) is 1. The smallest absolute Gasteiger partial charge is 0.240 e. The van der Waals surface area contributed by atoms with Crippen LogP contribution < -0.4 is 5.32 Å². The minimum absolute atomic E-state index is 0.00543. The minimum atomic E-state index is -0.833. The molecule has 22 heavy (non-hydrogen) atoms. The number of nitrogens with one attached hydrogen (secondary N) is 1.